The van der Waals surface area contributed by atoms with Gasteiger partial charge in [0.15, 0.2) is 0 Å². The van der Waals surface area contributed by atoms with Crippen LogP contribution in [0.15, 0.2) is 18.3 Å². The Hall–Kier alpha value is -2.02. The fraction of sp³-hybridized carbons (Fsp3) is 0.333. The second-order valence-electron chi connectivity index (χ2n) is 3.96. The number of nitrogens with zero attached hydrogens (tertiary/aromatic N) is 3. The summed E-state index contributed by atoms with van der Waals surface area (Å²) in [5.41, 5.74) is 0.892. The molecule has 2 rings (SSSR count). The van der Waals surface area contributed by atoms with Crippen molar-refractivity contribution in [3.05, 3.63) is 35.4 Å². The van der Waals surface area contributed by atoms with Gasteiger partial charge in [-0.25, -0.2) is 9.78 Å². The molecule has 0 atom stereocenters. The topological polar surface area (TPSA) is 88.0 Å². The van der Waals surface area contributed by atoms with Crippen LogP contribution < -0.4 is 5.32 Å². The Morgan fingerprint density at radius 1 is 1.53 bits per heavy atom. The fourth-order valence-electron chi connectivity index (χ4n) is 1.52. The average molecular weight is 278 g/mol. The van der Waals surface area contributed by atoms with Gasteiger partial charge in [-0.3, -0.25) is 4.98 Å². The largest absolute Gasteiger partial charge is 0.478 e. The number of rotatable bonds is 6. The van der Waals surface area contributed by atoms with Gasteiger partial charge in [-0.2, -0.15) is 4.37 Å². The molecule has 0 unspecified atom stereocenters. The molecule has 0 amide bonds. The lowest BCUT2D eigenvalue weighted by Gasteiger charge is -2.02. The summed E-state index contributed by atoms with van der Waals surface area (Å²) in [6, 6.07) is 3.01. The molecule has 7 heteroatoms. The van der Waals surface area contributed by atoms with Gasteiger partial charge in [0.1, 0.15) is 5.82 Å². The Kier molecular flexibility index (Phi) is 4.40. The van der Waals surface area contributed by atoms with E-state index in [9.17, 15) is 4.79 Å². The molecule has 2 aromatic heterocycles. The predicted octanol–water partition coefficient (Wildman–Crippen LogP) is 2.20. The lowest BCUT2D eigenvalue weighted by Crippen LogP contribution is -2.04. The first-order valence-electron chi connectivity index (χ1n) is 5.93. The lowest BCUT2D eigenvalue weighted by atomic mass is 10.2. The maximum Gasteiger partial charge on any atom is 0.335 e. The molecule has 0 saturated heterocycles. The van der Waals surface area contributed by atoms with Gasteiger partial charge in [-0.15, -0.1) is 0 Å². The second kappa shape index (κ2) is 6.24. The molecular weight excluding hydrogens is 264 g/mol. The molecule has 0 aliphatic heterocycles. The van der Waals surface area contributed by atoms with Crippen LogP contribution in [-0.2, 0) is 13.0 Å². The van der Waals surface area contributed by atoms with E-state index < -0.39 is 5.97 Å². The number of carboxylic acid groups (broad SMARTS) is 1. The summed E-state index contributed by atoms with van der Waals surface area (Å²) in [5, 5.41) is 12.7. The first-order valence-corrected chi connectivity index (χ1v) is 6.71. The Bertz CT molecular complexity index is 570. The maximum absolute atomic E-state index is 10.8. The number of hydrogen-bond donors (Lipinski definition) is 2. The third-order valence-electron chi connectivity index (χ3n) is 2.43. The number of hydrogen-bond acceptors (Lipinski definition) is 6. The number of aromatic nitrogens is 3. The van der Waals surface area contributed by atoms with Crippen LogP contribution >= 0.6 is 11.5 Å². The van der Waals surface area contributed by atoms with Crippen molar-refractivity contribution >= 4 is 22.6 Å². The van der Waals surface area contributed by atoms with E-state index in [0.29, 0.717) is 12.2 Å². The molecule has 0 fully saturated rings. The summed E-state index contributed by atoms with van der Waals surface area (Å²) < 4.78 is 4.22. The molecule has 100 valence electrons. The highest BCUT2D eigenvalue weighted by molar-refractivity contribution is 7.09. The van der Waals surface area contributed by atoms with Crippen LogP contribution in [0, 0.1) is 0 Å². The van der Waals surface area contributed by atoms with E-state index in [1.165, 1.54) is 23.8 Å². The summed E-state index contributed by atoms with van der Waals surface area (Å²) >= 11 is 1.30. The zero-order valence-corrected chi connectivity index (χ0v) is 11.3. The summed E-state index contributed by atoms with van der Waals surface area (Å²) in [6.45, 7) is 2.51. The molecular formula is C12H14N4O2S. The summed E-state index contributed by atoms with van der Waals surface area (Å²) in [6.07, 6.45) is 3.37. The molecule has 2 aromatic rings. The fourth-order valence-corrected chi connectivity index (χ4v) is 2.13. The van der Waals surface area contributed by atoms with Gasteiger partial charge in [0.05, 0.1) is 17.8 Å². The highest BCUT2D eigenvalue weighted by Gasteiger charge is 2.06. The summed E-state index contributed by atoms with van der Waals surface area (Å²) in [4.78, 5) is 19.3. The molecule has 0 aromatic carbocycles. The molecule has 0 spiro atoms. The minimum absolute atomic E-state index is 0.232. The van der Waals surface area contributed by atoms with Gasteiger partial charge < -0.3 is 10.4 Å². The number of nitrogens with one attached hydrogen (secondary N) is 1. The number of anilines is 1. The first-order chi connectivity index (χ1) is 9.19. The molecule has 2 heterocycles. The summed E-state index contributed by atoms with van der Waals surface area (Å²) in [5.74, 6) is -0.118. The Balaban J connectivity index is 1.97. The van der Waals surface area contributed by atoms with Gasteiger partial charge in [0.2, 0.25) is 5.13 Å². The monoisotopic (exact) mass is 278 g/mol. The molecule has 0 radical (unpaired) electrons. The van der Waals surface area contributed by atoms with Crippen molar-refractivity contribution in [2.24, 2.45) is 0 Å². The predicted molar refractivity (Wildman–Crippen MR) is 72.4 cm³/mol. The van der Waals surface area contributed by atoms with Crippen LogP contribution in [0.1, 0.15) is 35.2 Å². The van der Waals surface area contributed by atoms with E-state index in [2.05, 4.69) is 26.6 Å². The van der Waals surface area contributed by atoms with Gasteiger partial charge >= 0.3 is 5.97 Å². The SMILES string of the molecule is CCCc1nsc(NCc2cc(C(=O)O)ccn2)n1. The van der Waals surface area contributed by atoms with Crippen LogP contribution in [0.4, 0.5) is 5.13 Å². The quantitative estimate of drug-likeness (QED) is 0.842. The number of pyridine rings is 1. The van der Waals surface area contributed by atoms with Crippen molar-refractivity contribution in [1.29, 1.82) is 0 Å². The highest BCUT2D eigenvalue weighted by Crippen LogP contribution is 2.13. The van der Waals surface area contributed by atoms with Crippen LogP contribution in [0.3, 0.4) is 0 Å². The van der Waals surface area contributed by atoms with Gasteiger partial charge in [-0.1, -0.05) is 6.92 Å². The van der Waals surface area contributed by atoms with Crippen molar-refractivity contribution in [2.45, 2.75) is 26.3 Å². The van der Waals surface area contributed by atoms with E-state index in [0.717, 1.165) is 23.8 Å². The Morgan fingerprint density at radius 2 is 2.37 bits per heavy atom. The normalized spacial score (nSPS) is 10.4. The Labute approximate surface area is 114 Å². The minimum Gasteiger partial charge on any atom is -0.478 e. The van der Waals surface area contributed by atoms with E-state index in [1.54, 1.807) is 6.07 Å². The number of carboxylic acids is 1. The van der Waals surface area contributed by atoms with Crippen LogP contribution in [0.5, 0.6) is 0 Å². The van der Waals surface area contributed by atoms with Crippen molar-refractivity contribution in [3.8, 4) is 0 Å². The van der Waals surface area contributed by atoms with Gasteiger partial charge in [0, 0.05) is 24.2 Å². The van der Waals surface area contributed by atoms with E-state index in [1.807, 2.05) is 0 Å². The number of aromatic carboxylic acids is 1. The van der Waals surface area contributed by atoms with E-state index in [4.69, 9.17) is 5.11 Å². The van der Waals surface area contributed by atoms with Crippen LogP contribution in [0.25, 0.3) is 0 Å². The second-order valence-corrected chi connectivity index (χ2v) is 4.71. The van der Waals surface area contributed by atoms with Crippen molar-refractivity contribution < 1.29 is 9.90 Å². The van der Waals surface area contributed by atoms with Crippen LogP contribution in [0.2, 0.25) is 0 Å². The molecule has 0 aliphatic carbocycles. The highest BCUT2D eigenvalue weighted by atomic mass is 32.1. The van der Waals surface area contributed by atoms with Crippen molar-refractivity contribution in [1.82, 2.24) is 14.3 Å². The van der Waals surface area contributed by atoms with Gasteiger partial charge in [0.25, 0.3) is 0 Å². The standard InChI is InChI=1S/C12H14N4O2S/c1-2-3-10-15-12(19-16-10)14-7-9-6-8(11(17)18)4-5-13-9/h4-6H,2-3,7H2,1H3,(H,17,18)(H,14,15,16). The third kappa shape index (κ3) is 3.72. The molecule has 19 heavy (non-hydrogen) atoms. The molecule has 6 nitrogen and oxygen atoms in total. The van der Waals surface area contributed by atoms with Crippen molar-refractivity contribution in [3.63, 3.8) is 0 Å². The van der Waals surface area contributed by atoms with Crippen LogP contribution in [-0.4, -0.2) is 25.4 Å². The number of aryl methyl sites for hydroxylation is 1. The summed E-state index contributed by atoms with van der Waals surface area (Å²) in [7, 11) is 0. The average Bonchev–Trinajstić information content (AvgIpc) is 2.85. The van der Waals surface area contributed by atoms with Crippen molar-refractivity contribution in [2.75, 3.05) is 5.32 Å². The number of carbonyl (C=O) groups is 1. The van der Waals surface area contributed by atoms with E-state index in [-0.39, 0.29) is 5.56 Å². The Morgan fingerprint density at radius 3 is 3.11 bits per heavy atom. The first kappa shape index (κ1) is 13.4. The maximum atomic E-state index is 10.8. The molecule has 0 bridgehead atoms. The lowest BCUT2D eigenvalue weighted by molar-refractivity contribution is 0.0696. The van der Waals surface area contributed by atoms with E-state index >= 15 is 0 Å². The molecule has 0 aliphatic rings. The smallest absolute Gasteiger partial charge is 0.335 e. The molecule has 2 N–H and O–H groups in total. The zero-order valence-electron chi connectivity index (χ0n) is 10.5. The minimum atomic E-state index is -0.954. The third-order valence-corrected chi connectivity index (χ3v) is 3.14. The molecule has 0 saturated carbocycles. The zero-order chi connectivity index (χ0) is 13.7. The van der Waals surface area contributed by atoms with Gasteiger partial charge in [-0.05, 0) is 18.6 Å².